The normalized spacial score (nSPS) is 14.7. The molecule has 3 heteroatoms. The molecule has 0 bridgehead atoms. The van der Waals surface area contributed by atoms with E-state index in [1.807, 2.05) is 0 Å². The molecule has 12 heavy (non-hydrogen) atoms. The van der Waals surface area contributed by atoms with Gasteiger partial charge in [0.2, 0.25) is 0 Å². The summed E-state index contributed by atoms with van der Waals surface area (Å²) in [5, 5.41) is 0. The zero-order valence-corrected chi connectivity index (χ0v) is 6.45. The first kappa shape index (κ1) is 7.31. The highest BCUT2D eigenvalue weighted by Gasteiger charge is 2.14. The molecule has 0 aliphatic carbocycles. The van der Waals surface area contributed by atoms with Crippen LogP contribution in [0.5, 0.6) is 5.75 Å². The third kappa shape index (κ3) is 1.08. The van der Waals surface area contributed by atoms with E-state index < -0.39 is 0 Å². The van der Waals surface area contributed by atoms with Gasteiger partial charge in [-0.05, 0) is 6.07 Å². The van der Waals surface area contributed by atoms with Crippen LogP contribution >= 0.6 is 0 Å². The molecule has 0 radical (unpaired) electrons. The molecule has 0 unspecified atom stereocenters. The second-order valence-electron chi connectivity index (χ2n) is 2.60. The molecule has 1 aromatic rings. The lowest BCUT2D eigenvalue weighted by Gasteiger charge is -2.16. The van der Waals surface area contributed by atoms with E-state index in [4.69, 9.17) is 9.78 Å². The van der Waals surface area contributed by atoms with Crippen molar-refractivity contribution in [2.24, 2.45) is 0 Å². The largest absolute Gasteiger partial charge is 0.337 e. The summed E-state index contributed by atoms with van der Waals surface area (Å²) >= 11 is 0. The molecule has 0 fully saturated rings. The number of benzene rings is 1. The van der Waals surface area contributed by atoms with Crippen LogP contribution in [0.1, 0.15) is 15.9 Å². The zero-order valence-electron chi connectivity index (χ0n) is 6.45. The Labute approximate surface area is 69.8 Å². The fourth-order valence-electron chi connectivity index (χ4n) is 1.29. The van der Waals surface area contributed by atoms with Crippen LogP contribution in [0.2, 0.25) is 0 Å². The van der Waals surface area contributed by atoms with Gasteiger partial charge >= 0.3 is 0 Å². The average molecular weight is 164 g/mol. The third-order valence-corrected chi connectivity index (χ3v) is 1.88. The van der Waals surface area contributed by atoms with Crippen molar-refractivity contribution in [1.82, 2.24) is 0 Å². The summed E-state index contributed by atoms with van der Waals surface area (Å²) in [7, 11) is 0. The van der Waals surface area contributed by atoms with Crippen LogP contribution in [0.15, 0.2) is 18.2 Å². The fourth-order valence-corrected chi connectivity index (χ4v) is 1.29. The fraction of sp³-hybridized carbons (Fsp3) is 0.222. The molecule has 62 valence electrons. The topological polar surface area (TPSA) is 35.5 Å². The molecule has 0 atom stereocenters. The Morgan fingerprint density at radius 3 is 3.17 bits per heavy atom. The molecular weight excluding hydrogens is 156 g/mol. The highest BCUT2D eigenvalue weighted by atomic mass is 17.2. The van der Waals surface area contributed by atoms with Gasteiger partial charge < -0.3 is 4.89 Å². The first-order chi connectivity index (χ1) is 5.92. The quantitative estimate of drug-likeness (QED) is 0.464. The maximum atomic E-state index is 10.6. The van der Waals surface area contributed by atoms with Crippen molar-refractivity contribution in [1.29, 1.82) is 0 Å². The van der Waals surface area contributed by atoms with Gasteiger partial charge in [0.05, 0.1) is 6.61 Å². The third-order valence-electron chi connectivity index (χ3n) is 1.88. The monoisotopic (exact) mass is 164 g/mol. The average Bonchev–Trinajstić information content (AvgIpc) is 2.17. The van der Waals surface area contributed by atoms with Crippen molar-refractivity contribution in [3.05, 3.63) is 29.3 Å². The summed E-state index contributed by atoms with van der Waals surface area (Å²) in [6.45, 7) is 0.512. The molecule has 0 spiro atoms. The van der Waals surface area contributed by atoms with E-state index in [9.17, 15) is 4.79 Å². The molecule has 0 saturated carbocycles. The van der Waals surface area contributed by atoms with Crippen LogP contribution in [0.4, 0.5) is 0 Å². The summed E-state index contributed by atoms with van der Waals surface area (Å²) in [5.74, 6) is 0.658. The van der Waals surface area contributed by atoms with Crippen LogP contribution in [0.25, 0.3) is 0 Å². The van der Waals surface area contributed by atoms with Crippen LogP contribution < -0.4 is 4.89 Å². The molecule has 2 rings (SSSR count). The summed E-state index contributed by atoms with van der Waals surface area (Å²) < 4.78 is 0. The number of aldehydes is 1. The number of carbonyl (C=O) groups is 1. The summed E-state index contributed by atoms with van der Waals surface area (Å²) in [4.78, 5) is 20.3. The van der Waals surface area contributed by atoms with Crippen LogP contribution in [0.3, 0.4) is 0 Å². The molecule has 1 aliphatic rings. The number of carbonyl (C=O) groups excluding carboxylic acids is 1. The zero-order chi connectivity index (χ0) is 8.39. The SMILES string of the molecule is O=Cc1cccc2c1CCOO2. The second kappa shape index (κ2) is 2.95. The Morgan fingerprint density at radius 1 is 1.42 bits per heavy atom. The van der Waals surface area contributed by atoms with E-state index in [2.05, 4.69) is 0 Å². The predicted octanol–water partition coefficient (Wildman–Crippen LogP) is 1.37. The molecule has 0 N–H and O–H groups in total. The van der Waals surface area contributed by atoms with E-state index in [0.717, 1.165) is 18.3 Å². The van der Waals surface area contributed by atoms with Gasteiger partial charge in [-0.25, -0.2) is 0 Å². The number of rotatable bonds is 1. The van der Waals surface area contributed by atoms with E-state index >= 15 is 0 Å². The number of fused-ring (bicyclic) bond motifs is 1. The number of hydrogen-bond acceptors (Lipinski definition) is 3. The van der Waals surface area contributed by atoms with Gasteiger partial charge in [-0.1, -0.05) is 12.1 Å². The Morgan fingerprint density at radius 2 is 2.33 bits per heavy atom. The lowest BCUT2D eigenvalue weighted by atomic mass is 10.0. The van der Waals surface area contributed by atoms with Crippen LogP contribution in [-0.4, -0.2) is 12.9 Å². The van der Waals surface area contributed by atoms with E-state index in [-0.39, 0.29) is 0 Å². The summed E-state index contributed by atoms with van der Waals surface area (Å²) in [6, 6.07) is 5.35. The lowest BCUT2D eigenvalue weighted by molar-refractivity contribution is -0.215. The molecule has 0 saturated heterocycles. The molecule has 3 nitrogen and oxygen atoms in total. The predicted molar refractivity (Wildman–Crippen MR) is 42.1 cm³/mol. The van der Waals surface area contributed by atoms with Crippen LogP contribution in [-0.2, 0) is 11.3 Å². The summed E-state index contributed by atoms with van der Waals surface area (Å²) in [6.07, 6.45) is 1.58. The highest BCUT2D eigenvalue weighted by Crippen LogP contribution is 2.25. The smallest absolute Gasteiger partial charge is 0.169 e. The standard InChI is InChI=1S/C9H8O3/c10-6-7-2-1-3-9-8(7)4-5-11-12-9/h1-3,6H,4-5H2. The molecule has 0 aromatic heterocycles. The van der Waals surface area contributed by atoms with Crippen LogP contribution in [0, 0.1) is 0 Å². The Kier molecular flexibility index (Phi) is 1.80. The Balaban J connectivity index is 2.51. The minimum Gasteiger partial charge on any atom is -0.337 e. The minimum absolute atomic E-state index is 0.512. The maximum Gasteiger partial charge on any atom is 0.169 e. The minimum atomic E-state index is 0.512. The Bertz CT molecular complexity index is 307. The van der Waals surface area contributed by atoms with Gasteiger partial charge in [-0.2, -0.15) is 4.89 Å². The van der Waals surface area contributed by atoms with Crippen molar-refractivity contribution in [2.45, 2.75) is 6.42 Å². The molecule has 1 aliphatic heterocycles. The second-order valence-corrected chi connectivity index (χ2v) is 2.60. The van der Waals surface area contributed by atoms with Gasteiger partial charge in [0.15, 0.2) is 5.75 Å². The maximum absolute atomic E-state index is 10.6. The van der Waals surface area contributed by atoms with E-state index in [0.29, 0.717) is 17.9 Å². The molecular formula is C9H8O3. The van der Waals surface area contributed by atoms with Gasteiger partial charge in [-0.3, -0.25) is 4.79 Å². The van der Waals surface area contributed by atoms with Crippen molar-refractivity contribution >= 4 is 6.29 Å². The van der Waals surface area contributed by atoms with E-state index in [1.165, 1.54) is 0 Å². The lowest BCUT2D eigenvalue weighted by Crippen LogP contribution is -2.12. The number of hydrogen-bond donors (Lipinski definition) is 0. The summed E-state index contributed by atoms with van der Waals surface area (Å²) in [5.41, 5.74) is 1.63. The first-order valence-corrected chi connectivity index (χ1v) is 3.78. The molecule has 0 amide bonds. The Hall–Kier alpha value is -1.35. The van der Waals surface area contributed by atoms with Crippen molar-refractivity contribution in [3.8, 4) is 5.75 Å². The first-order valence-electron chi connectivity index (χ1n) is 3.78. The van der Waals surface area contributed by atoms with Crippen molar-refractivity contribution in [3.63, 3.8) is 0 Å². The highest BCUT2D eigenvalue weighted by molar-refractivity contribution is 5.78. The van der Waals surface area contributed by atoms with Gasteiger partial charge in [0.25, 0.3) is 0 Å². The van der Waals surface area contributed by atoms with Gasteiger partial charge in [0, 0.05) is 17.5 Å². The molecule has 1 heterocycles. The van der Waals surface area contributed by atoms with Crippen molar-refractivity contribution < 1.29 is 14.6 Å². The van der Waals surface area contributed by atoms with Gasteiger partial charge in [-0.15, -0.1) is 0 Å². The van der Waals surface area contributed by atoms with Gasteiger partial charge in [0.1, 0.15) is 6.29 Å². The van der Waals surface area contributed by atoms with Crippen molar-refractivity contribution in [2.75, 3.05) is 6.61 Å². The van der Waals surface area contributed by atoms with E-state index in [1.54, 1.807) is 18.2 Å². The molecule has 1 aromatic carbocycles.